The summed E-state index contributed by atoms with van der Waals surface area (Å²) in [5.41, 5.74) is 6.39. The van der Waals surface area contributed by atoms with Crippen molar-refractivity contribution in [3.8, 4) is 0 Å². The minimum atomic E-state index is -0.248. The predicted molar refractivity (Wildman–Crippen MR) is 58.3 cm³/mol. The van der Waals surface area contributed by atoms with Crippen molar-refractivity contribution >= 4 is 11.5 Å². The Hall–Kier alpha value is -1.62. The lowest BCUT2D eigenvalue weighted by Gasteiger charge is -2.16. The Bertz CT molecular complexity index is 364. The van der Waals surface area contributed by atoms with Gasteiger partial charge in [-0.2, -0.15) is 0 Å². The van der Waals surface area contributed by atoms with Crippen LogP contribution in [0.4, 0.5) is 10.1 Å². The minimum absolute atomic E-state index is 0.248. The van der Waals surface area contributed by atoms with Gasteiger partial charge in [0.25, 0.3) is 0 Å². The van der Waals surface area contributed by atoms with E-state index in [1.807, 2.05) is 0 Å². The highest BCUT2D eigenvalue weighted by Crippen LogP contribution is 2.11. The van der Waals surface area contributed by atoms with Crippen LogP contribution in [0.2, 0.25) is 0 Å². The van der Waals surface area contributed by atoms with Crippen LogP contribution in [0.1, 0.15) is 0 Å². The summed E-state index contributed by atoms with van der Waals surface area (Å²) < 4.78 is 13.2. The number of nitrogens with one attached hydrogen (secondary N) is 3. The molecule has 1 aliphatic heterocycles. The van der Waals surface area contributed by atoms with Crippen molar-refractivity contribution in [2.75, 3.05) is 25.0 Å². The summed E-state index contributed by atoms with van der Waals surface area (Å²) in [6.07, 6.45) is 0. The van der Waals surface area contributed by atoms with E-state index in [1.165, 1.54) is 6.07 Å². The molecule has 2 rings (SSSR count). The summed E-state index contributed by atoms with van der Waals surface area (Å²) >= 11 is 0. The van der Waals surface area contributed by atoms with Crippen LogP contribution < -0.4 is 16.2 Å². The lowest BCUT2D eigenvalue weighted by molar-refractivity contribution is 0.619. The quantitative estimate of drug-likeness (QED) is 0.686. The molecule has 0 atom stereocenters. The summed E-state index contributed by atoms with van der Waals surface area (Å²) in [7, 11) is 0. The van der Waals surface area contributed by atoms with E-state index in [9.17, 15) is 4.39 Å². The van der Waals surface area contributed by atoms with Crippen LogP contribution in [0, 0.1) is 5.82 Å². The standard InChI is InChI=1S/C10H13FN4/c11-8-3-1-2-4-9(8)13-7-10-12-5-6-14-15-10/h1-4,13-14H,5-7H2,(H,12,15). The van der Waals surface area contributed by atoms with Crippen molar-refractivity contribution < 1.29 is 4.39 Å². The second-order valence-electron chi connectivity index (χ2n) is 3.21. The molecule has 0 saturated heterocycles. The van der Waals surface area contributed by atoms with Crippen LogP contribution in [-0.4, -0.2) is 25.5 Å². The summed E-state index contributed by atoms with van der Waals surface area (Å²) in [5.74, 6) is 0.548. The summed E-state index contributed by atoms with van der Waals surface area (Å²) in [6.45, 7) is 2.07. The predicted octanol–water partition coefficient (Wildman–Crippen LogP) is 0.744. The van der Waals surface area contributed by atoms with E-state index in [4.69, 9.17) is 0 Å². The molecule has 0 amide bonds. The number of hydrogen-bond acceptors (Lipinski definition) is 4. The molecule has 1 aromatic carbocycles. The molecule has 1 heterocycles. The second-order valence-corrected chi connectivity index (χ2v) is 3.21. The number of hydrogen-bond donors (Lipinski definition) is 3. The van der Waals surface area contributed by atoms with Gasteiger partial charge in [-0.15, -0.1) is 0 Å². The number of aliphatic imine (C=N–C) groups is 1. The fourth-order valence-electron chi connectivity index (χ4n) is 1.33. The fourth-order valence-corrected chi connectivity index (χ4v) is 1.33. The first-order valence-electron chi connectivity index (χ1n) is 4.87. The molecule has 0 aromatic heterocycles. The number of benzene rings is 1. The van der Waals surface area contributed by atoms with Gasteiger partial charge in [-0.25, -0.2) is 9.82 Å². The maximum atomic E-state index is 13.2. The third kappa shape index (κ3) is 2.66. The van der Waals surface area contributed by atoms with Crippen molar-refractivity contribution in [2.24, 2.45) is 4.99 Å². The minimum Gasteiger partial charge on any atom is -0.375 e. The number of amidine groups is 1. The van der Waals surface area contributed by atoms with E-state index in [2.05, 4.69) is 21.2 Å². The van der Waals surface area contributed by atoms with Gasteiger partial charge in [-0.1, -0.05) is 12.1 Å². The number of anilines is 1. The van der Waals surface area contributed by atoms with E-state index in [0.29, 0.717) is 12.2 Å². The van der Waals surface area contributed by atoms with Crippen LogP contribution in [0.15, 0.2) is 29.3 Å². The van der Waals surface area contributed by atoms with Crippen molar-refractivity contribution in [1.29, 1.82) is 0 Å². The molecule has 0 bridgehead atoms. The van der Waals surface area contributed by atoms with Crippen LogP contribution >= 0.6 is 0 Å². The van der Waals surface area contributed by atoms with Crippen LogP contribution in [0.5, 0.6) is 0 Å². The molecule has 0 fully saturated rings. The van der Waals surface area contributed by atoms with Crippen molar-refractivity contribution in [1.82, 2.24) is 10.9 Å². The molecule has 3 N–H and O–H groups in total. The molecule has 0 aliphatic carbocycles. The first-order valence-corrected chi connectivity index (χ1v) is 4.87. The molecule has 0 saturated carbocycles. The molecule has 1 aromatic rings. The zero-order valence-electron chi connectivity index (χ0n) is 8.26. The summed E-state index contributed by atoms with van der Waals surface area (Å²) in [4.78, 5) is 4.23. The molecule has 1 aliphatic rings. The van der Waals surface area contributed by atoms with Crippen molar-refractivity contribution in [2.45, 2.75) is 0 Å². The zero-order chi connectivity index (χ0) is 10.5. The largest absolute Gasteiger partial charge is 0.375 e. The van der Waals surface area contributed by atoms with Gasteiger partial charge >= 0.3 is 0 Å². The fraction of sp³-hybridized carbons (Fsp3) is 0.300. The maximum absolute atomic E-state index is 13.2. The molecular formula is C10H13FN4. The highest BCUT2D eigenvalue weighted by molar-refractivity contribution is 5.86. The molecular weight excluding hydrogens is 195 g/mol. The first-order chi connectivity index (χ1) is 7.36. The van der Waals surface area contributed by atoms with Gasteiger partial charge in [0, 0.05) is 6.54 Å². The lowest BCUT2D eigenvalue weighted by Crippen LogP contribution is -2.45. The van der Waals surface area contributed by atoms with Crippen LogP contribution in [0.25, 0.3) is 0 Å². The number of nitrogens with zero attached hydrogens (tertiary/aromatic N) is 1. The molecule has 0 radical (unpaired) electrons. The summed E-state index contributed by atoms with van der Waals surface area (Å²) in [6, 6.07) is 6.58. The van der Waals surface area contributed by atoms with Crippen LogP contribution in [0.3, 0.4) is 0 Å². The van der Waals surface area contributed by atoms with Crippen molar-refractivity contribution in [3.05, 3.63) is 30.1 Å². The Balaban J connectivity index is 1.93. The third-order valence-electron chi connectivity index (χ3n) is 2.09. The molecule has 0 spiro atoms. The van der Waals surface area contributed by atoms with E-state index in [0.717, 1.165) is 18.9 Å². The SMILES string of the molecule is Fc1ccccc1NCC1=NCCNN1. The average Bonchev–Trinajstić information content (AvgIpc) is 2.29. The molecule has 5 heteroatoms. The normalized spacial score (nSPS) is 15.4. The Morgan fingerprint density at radius 1 is 1.40 bits per heavy atom. The monoisotopic (exact) mass is 208 g/mol. The molecule has 80 valence electrons. The van der Waals surface area contributed by atoms with E-state index in [1.54, 1.807) is 18.2 Å². The van der Waals surface area contributed by atoms with E-state index in [-0.39, 0.29) is 5.82 Å². The van der Waals surface area contributed by atoms with Gasteiger partial charge < -0.3 is 10.7 Å². The van der Waals surface area contributed by atoms with Crippen LogP contribution in [-0.2, 0) is 0 Å². The average molecular weight is 208 g/mol. The van der Waals surface area contributed by atoms with Gasteiger partial charge in [0.15, 0.2) is 0 Å². The Kier molecular flexibility index (Phi) is 3.14. The first kappa shape index (κ1) is 9.92. The Labute approximate surface area is 87.6 Å². The lowest BCUT2D eigenvalue weighted by atomic mass is 10.3. The van der Waals surface area contributed by atoms with Gasteiger partial charge in [0.1, 0.15) is 11.7 Å². The zero-order valence-corrected chi connectivity index (χ0v) is 8.26. The highest BCUT2D eigenvalue weighted by Gasteiger charge is 2.04. The highest BCUT2D eigenvalue weighted by atomic mass is 19.1. The van der Waals surface area contributed by atoms with Gasteiger partial charge in [0.05, 0.1) is 18.8 Å². The Morgan fingerprint density at radius 3 is 3.00 bits per heavy atom. The molecule has 4 nitrogen and oxygen atoms in total. The van der Waals surface area contributed by atoms with Gasteiger partial charge in [0.2, 0.25) is 0 Å². The third-order valence-corrected chi connectivity index (χ3v) is 2.09. The second kappa shape index (κ2) is 4.75. The van der Waals surface area contributed by atoms with E-state index < -0.39 is 0 Å². The number of rotatable bonds is 3. The van der Waals surface area contributed by atoms with Crippen molar-refractivity contribution in [3.63, 3.8) is 0 Å². The van der Waals surface area contributed by atoms with Gasteiger partial charge in [-0.3, -0.25) is 4.99 Å². The number of halogens is 1. The Morgan fingerprint density at radius 2 is 2.27 bits per heavy atom. The molecule has 15 heavy (non-hydrogen) atoms. The molecule has 0 unspecified atom stereocenters. The number of para-hydroxylation sites is 1. The summed E-state index contributed by atoms with van der Waals surface area (Å²) in [5, 5.41) is 2.97. The van der Waals surface area contributed by atoms with E-state index >= 15 is 0 Å². The topological polar surface area (TPSA) is 48.5 Å². The smallest absolute Gasteiger partial charge is 0.146 e. The van der Waals surface area contributed by atoms with Gasteiger partial charge in [-0.05, 0) is 12.1 Å². The number of hydrazine groups is 1. The maximum Gasteiger partial charge on any atom is 0.146 e.